The van der Waals surface area contributed by atoms with E-state index in [9.17, 15) is 9.59 Å². The highest BCUT2D eigenvalue weighted by atomic mass is 35.5. The van der Waals surface area contributed by atoms with Crippen LogP contribution in [0.5, 0.6) is 0 Å². The van der Waals surface area contributed by atoms with Gasteiger partial charge in [0.25, 0.3) is 0 Å². The van der Waals surface area contributed by atoms with Crippen LogP contribution in [0.4, 0.5) is 0 Å². The lowest BCUT2D eigenvalue weighted by Gasteiger charge is -2.34. The van der Waals surface area contributed by atoms with Crippen LogP contribution in [0.15, 0.2) is 33.1 Å². The van der Waals surface area contributed by atoms with E-state index >= 15 is 0 Å². The van der Waals surface area contributed by atoms with Crippen LogP contribution < -0.4 is 0 Å². The van der Waals surface area contributed by atoms with Crippen molar-refractivity contribution in [2.45, 2.75) is 39.4 Å². The Bertz CT molecular complexity index is 687. The molecule has 0 N–H and O–H groups in total. The molecule has 0 saturated heterocycles. The molecule has 0 saturated carbocycles. The molecule has 0 unspecified atom stereocenters. The van der Waals surface area contributed by atoms with Crippen LogP contribution in [0, 0.1) is 0 Å². The summed E-state index contributed by atoms with van der Waals surface area (Å²) in [5, 5.41) is 0. The Hall–Kier alpha value is -2.25. The molecule has 0 atom stereocenters. The number of hydrogen-bond acceptors (Lipinski definition) is 7. The van der Waals surface area contributed by atoms with E-state index in [0.717, 1.165) is 0 Å². The van der Waals surface area contributed by atoms with E-state index in [1.165, 1.54) is 14.2 Å². The summed E-state index contributed by atoms with van der Waals surface area (Å²) in [7, 11) is 2.61. The Balaban J connectivity index is 0.00000338. The molecule has 0 aliphatic carbocycles. The molecule has 2 aromatic heterocycles. The standard InChI is InChI=1S/C18H23NO6.ClH/c1-18(2,3)19(10-12-6-8-14(24-12)16(20)22-4)11-13-7-9-15(25-13)17(21)23-5;/h6-9H,10-11H2,1-5H3;1H. The van der Waals surface area contributed by atoms with Crippen molar-refractivity contribution in [2.75, 3.05) is 14.2 Å². The Labute approximate surface area is 158 Å². The largest absolute Gasteiger partial charge is 0.463 e. The number of furan rings is 2. The van der Waals surface area contributed by atoms with Crippen LogP contribution in [0.1, 0.15) is 53.4 Å². The number of halogens is 1. The van der Waals surface area contributed by atoms with E-state index in [1.54, 1.807) is 24.3 Å². The Kier molecular flexibility index (Phi) is 7.47. The van der Waals surface area contributed by atoms with E-state index in [4.69, 9.17) is 8.83 Å². The third-order valence-electron chi connectivity index (χ3n) is 3.74. The quantitative estimate of drug-likeness (QED) is 0.701. The molecule has 2 heterocycles. The summed E-state index contributed by atoms with van der Waals surface area (Å²) in [6, 6.07) is 6.66. The molecule has 0 aliphatic heterocycles. The molecule has 2 rings (SSSR count). The van der Waals surface area contributed by atoms with Gasteiger partial charge in [-0.25, -0.2) is 9.59 Å². The number of carbonyl (C=O) groups is 2. The van der Waals surface area contributed by atoms with Crippen molar-refractivity contribution < 1.29 is 27.9 Å². The molecular formula is C18H24ClNO6. The Morgan fingerprint density at radius 2 is 1.27 bits per heavy atom. The summed E-state index contributed by atoms with van der Waals surface area (Å²) in [4.78, 5) is 25.1. The van der Waals surface area contributed by atoms with Crippen molar-refractivity contribution in [3.05, 3.63) is 47.3 Å². The molecule has 0 bridgehead atoms. The molecule has 2 aromatic rings. The molecule has 0 amide bonds. The third-order valence-corrected chi connectivity index (χ3v) is 3.74. The van der Waals surface area contributed by atoms with Gasteiger partial charge in [-0.15, -0.1) is 12.4 Å². The van der Waals surface area contributed by atoms with Crippen molar-refractivity contribution in [3.63, 3.8) is 0 Å². The molecule has 8 heteroatoms. The highest BCUT2D eigenvalue weighted by molar-refractivity contribution is 5.86. The van der Waals surface area contributed by atoms with Crippen LogP contribution >= 0.6 is 12.4 Å². The third kappa shape index (κ3) is 5.37. The second-order valence-corrected chi connectivity index (χ2v) is 6.54. The minimum atomic E-state index is -0.512. The lowest BCUT2D eigenvalue weighted by Crippen LogP contribution is -2.40. The monoisotopic (exact) mass is 385 g/mol. The number of hydrogen-bond donors (Lipinski definition) is 0. The van der Waals surface area contributed by atoms with Gasteiger partial charge in [-0.3, -0.25) is 4.90 Å². The molecular weight excluding hydrogens is 362 g/mol. The van der Waals surface area contributed by atoms with E-state index in [1.807, 2.05) is 0 Å². The lowest BCUT2D eigenvalue weighted by molar-refractivity contribution is 0.0554. The smallest absolute Gasteiger partial charge is 0.373 e. The van der Waals surface area contributed by atoms with Gasteiger partial charge in [0.15, 0.2) is 0 Å². The van der Waals surface area contributed by atoms with Crippen molar-refractivity contribution >= 4 is 24.3 Å². The van der Waals surface area contributed by atoms with Gasteiger partial charge < -0.3 is 18.3 Å². The molecule has 0 aromatic carbocycles. The number of methoxy groups -OCH3 is 2. The highest BCUT2D eigenvalue weighted by Gasteiger charge is 2.25. The van der Waals surface area contributed by atoms with Crippen molar-refractivity contribution in [2.24, 2.45) is 0 Å². The topological polar surface area (TPSA) is 82.1 Å². The van der Waals surface area contributed by atoms with Gasteiger partial charge in [-0.1, -0.05) is 0 Å². The minimum absolute atomic E-state index is 0. The first-order chi connectivity index (χ1) is 11.7. The minimum Gasteiger partial charge on any atom is -0.463 e. The van der Waals surface area contributed by atoms with Crippen LogP contribution in [-0.2, 0) is 22.6 Å². The molecule has 0 spiro atoms. The molecule has 0 aliphatic rings. The fraction of sp³-hybridized carbons (Fsp3) is 0.444. The van der Waals surface area contributed by atoms with E-state index in [0.29, 0.717) is 24.6 Å². The van der Waals surface area contributed by atoms with Crippen LogP contribution in [0.3, 0.4) is 0 Å². The van der Waals surface area contributed by atoms with Gasteiger partial charge in [0.2, 0.25) is 11.5 Å². The summed E-state index contributed by atoms with van der Waals surface area (Å²) < 4.78 is 20.4. The highest BCUT2D eigenvalue weighted by Crippen LogP contribution is 2.23. The second kappa shape index (κ2) is 8.91. The van der Waals surface area contributed by atoms with Crippen molar-refractivity contribution in [1.29, 1.82) is 0 Å². The predicted molar refractivity (Wildman–Crippen MR) is 96.3 cm³/mol. The van der Waals surface area contributed by atoms with E-state index in [2.05, 4.69) is 35.1 Å². The normalized spacial score (nSPS) is 11.2. The first-order valence-corrected chi connectivity index (χ1v) is 7.83. The number of nitrogens with zero attached hydrogens (tertiary/aromatic N) is 1. The van der Waals surface area contributed by atoms with Crippen LogP contribution in [0.2, 0.25) is 0 Å². The fourth-order valence-corrected chi connectivity index (χ4v) is 2.25. The van der Waals surface area contributed by atoms with E-state index in [-0.39, 0.29) is 29.5 Å². The average Bonchev–Trinajstić information content (AvgIpc) is 3.21. The zero-order valence-corrected chi connectivity index (χ0v) is 16.3. The summed E-state index contributed by atoms with van der Waals surface area (Å²) in [6.45, 7) is 7.10. The summed E-state index contributed by atoms with van der Waals surface area (Å²) >= 11 is 0. The first-order valence-electron chi connectivity index (χ1n) is 7.83. The van der Waals surface area contributed by atoms with Gasteiger partial charge in [-0.2, -0.15) is 0 Å². The molecule has 144 valence electrons. The van der Waals surface area contributed by atoms with Gasteiger partial charge in [0.05, 0.1) is 27.3 Å². The zero-order chi connectivity index (χ0) is 18.6. The summed E-state index contributed by atoms with van der Waals surface area (Å²) in [5.41, 5.74) is -0.198. The molecule has 7 nitrogen and oxygen atoms in total. The van der Waals surface area contributed by atoms with Crippen molar-refractivity contribution in [3.8, 4) is 0 Å². The van der Waals surface area contributed by atoms with E-state index < -0.39 is 11.9 Å². The molecule has 0 radical (unpaired) electrons. The van der Waals surface area contributed by atoms with Gasteiger partial charge >= 0.3 is 11.9 Å². The maximum absolute atomic E-state index is 11.5. The number of rotatable bonds is 6. The lowest BCUT2D eigenvalue weighted by atomic mass is 10.1. The maximum atomic E-state index is 11.5. The SMILES string of the molecule is COC(=O)c1ccc(CN(Cc2ccc(C(=O)OC)o2)C(C)(C)C)o1.Cl. The zero-order valence-electron chi connectivity index (χ0n) is 15.5. The first kappa shape index (κ1) is 21.8. The fourth-order valence-electron chi connectivity index (χ4n) is 2.25. The average molecular weight is 386 g/mol. The van der Waals surface area contributed by atoms with Gasteiger partial charge in [-0.05, 0) is 45.0 Å². The second-order valence-electron chi connectivity index (χ2n) is 6.54. The summed E-state index contributed by atoms with van der Waals surface area (Å²) in [6.07, 6.45) is 0. The summed E-state index contributed by atoms with van der Waals surface area (Å²) in [5.74, 6) is 0.574. The Morgan fingerprint density at radius 3 is 1.58 bits per heavy atom. The van der Waals surface area contributed by atoms with Crippen LogP contribution in [0.25, 0.3) is 0 Å². The predicted octanol–water partition coefficient (Wildman–Crippen LogP) is 3.67. The molecule has 26 heavy (non-hydrogen) atoms. The Morgan fingerprint density at radius 1 is 0.885 bits per heavy atom. The number of esters is 2. The van der Waals surface area contributed by atoms with Crippen molar-refractivity contribution in [1.82, 2.24) is 4.90 Å². The number of ether oxygens (including phenoxy) is 2. The van der Waals surface area contributed by atoms with Gasteiger partial charge in [0, 0.05) is 5.54 Å². The number of carbonyl (C=O) groups excluding carboxylic acids is 2. The van der Waals surface area contributed by atoms with Crippen LogP contribution in [-0.4, -0.2) is 36.6 Å². The maximum Gasteiger partial charge on any atom is 0.373 e. The molecule has 0 fully saturated rings. The van der Waals surface area contributed by atoms with Gasteiger partial charge in [0.1, 0.15) is 11.5 Å².